The Morgan fingerprint density at radius 1 is 0.846 bits per heavy atom. The maximum atomic E-state index is 12.7. The lowest BCUT2D eigenvalue weighted by Gasteiger charge is -2.43. The summed E-state index contributed by atoms with van der Waals surface area (Å²) in [6.45, 7) is 9.17. The SMILES string of the molecule is CC(=O)OC[C@H]1O[C@@H](OC(C)=O)[C@H](N=C(NC(=O)OC(C)(C)C)c2ccccc2)[C@@H](OC(C)=O)[C@@H]1OC(C)=O. The number of hydrogen-bond donors (Lipinski definition) is 1. The molecular weight excluding hydrogens is 516 g/mol. The van der Waals surface area contributed by atoms with Gasteiger partial charge in [-0.25, -0.2) is 4.79 Å². The normalized spacial score (nSPS) is 23.2. The number of esters is 4. The smallest absolute Gasteiger partial charge is 0.413 e. The van der Waals surface area contributed by atoms with E-state index in [1.54, 1.807) is 51.1 Å². The second-order valence-corrected chi connectivity index (χ2v) is 9.56. The monoisotopic (exact) mass is 550 g/mol. The number of carbonyl (C=O) groups is 5. The van der Waals surface area contributed by atoms with Gasteiger partial charge in [0.15, 0.2) is 18.2 Å². The quantitative estimate of drug-likeness (QED) is 0.228. The Hall–Kier alpha value is -4.00. The number of nitrogens with one attached hydrogen (secondary N) is 1. The van der Waals surface area contributed by atoms with Crippen LogP contribution >= 0.6 is 0 Å². The Labute approximate surface area is 226 Å². The molecule has 39 heavy (non-hydrogen) atoms. The fourth-order valence-corrected chi connectivity index (χ4v) is 3.61. The molecule has 5 atom stereocenters. The van der Waals surface area contributed by atoms with Crippen LogP contribution in [0.3, 0.4) is 0 Å². The minimum atomic E-state index is -1.50. The van der Waals surface area contributed by atoms with Crippen molar-refractivity contribution in [3.63, 3.8) is 0 Å². The third-order valence-corrected chi connectivity index (χ3v) is 4.90. The van der Waals surface area contributed by atoms with Crippen LogP contribution < -0.4 is 5.32 Å². The van der Waals surface area contributed by atoms with Gasteiger partial charge >= 0.3 is 30.0 Å². The second-order valence-electron chi connectivity index (χ2n) is 9.56. The molecular formula is C26H34N2O11. The fourth-order valence-electron chi connectivity index (χ4n) is 3.61. The molecule has 13 nitrogen and oxygen atoms in total. The first-order valence-electron chi connectivity index (χ1n) is 12.1. The van der Waals surface area contributed by atoms with E-state index in [4.69, 9.17) is 28.4 Å². The molecule has 1 aromatic rings. The van der Waals surface area contributed by atoms with Crippen LogP contribution in [0.2, 0.25) is 0 Å². The van der Waals surface area contributed by atoms with E-state index in [0.29, 0.717) is 5.56 Å². The molecule has 0 bridgehead atoms. The number of ether oxygens (including phenoxy) is 6. The highest BCUT2D eigenvalue weighted by molar-refractivity contribution is 6.06. The highest BCUT2D eigenvalue weighted by Gasteiger charge is 2.52. The zero-order chi connectivity index (χ0) is 29.3. The van der Waals surface area contributed by atoms with Gasteiger partial charge in [-0.15, -0.1) is 0 Å². The number of nitrogens with zero attached hydrogens (tertiary/aromatic N) is 1. The summed E-state index contributed by atoms with van der Waals surface area (Å²) in [4.78, 5) is 64.8. The lowest BCUT2D eigenvalue weighted by atomic mass is 9.96. The van der Waals surface area contributed by atoms with Gasteiger partial charge in [0.2, 0.25) is 6.29 Å². The van der Waals surface area contributed by atoms with Gasteiger partial charge in [-0.2, -0.15) is 0 Å². The number of rotatable bonds is 7. The largest absolute Gasteiger partial charge is 0.463 e. The highest BCUT2D eigenvalue weighted by atomic mass is 16.7. The highest BCUT2D eigenvalue weighted by Crippen LogP contribution is 2.30. The van der Waals surface area contributed by atoms with Crippen LogP contribution in [0.5, 0.6) is 0 Å². The number of benzene rings is 1. The van der Waals surface area contributed by atoms with E-state index in [-0.39, 0.29) is 5.84 Å². The van der Waals surface area contributed by atoms with Crippen LogP contribution in [0.4, 0.5) is 4.79 Å². The Morgan fingerprint density at radius 2 is 1.41 bits per heavy atom. The standard InChI is InChI=1S/C26H34N2O11/c1-14(29)34-13-19-21(35-15(2)30)22(36-16(3)31)20(24(38-19)37-17(4)32)27-23(18-11-9-8-10-12-18)28-25(33)39-26(5,6)7/h8-12,19-22,24H,13H2,1-7H3,(H,27,28,33)/t19-,20-,21-,22-,24-/m1/s1. The number of aliphatic imine (C=N–C) groups is 1. The van der Waals surface area contributed by atoms with Crippen molar-refractivity contribution in [1.29, 1.82) is 0 Å². The average molecular weight is 551 g/mol. The fraction of sp³-hybridized carbons (Fsp3) is 0.538. The Bertz CT molecular complexity index is 1080. The first-order valence-corrected chi connectivity index (χ1v) is 12.1. The number of hydrogen-bond acceptors (Lipinski definition) is 12. The van der Waals surface area contributed by atoms with Crippen LogP contribution in [0.1, 0.15) is 54.0 Å². The lowest BCUT2D eigenvalue weighted by Crippen LogP contribution is -2.62. The van der Waals surface area contributed by atoms with Gasteiger partial charge in [0.1, 0.15) is 24.1 Å². The Balaban J connectivity index is 2.66. The van der Waals surface area contributed by atoms with Gasteiger partial charge in [0.25, 0.3) is 0 Å². The van der Waals surface area contributed by atoms with Crippen molar-refractivity contribution in [2.75, 3.05) is 6.61 Å². The zero-order valence-corrected chi connectivity index (χ0v) is 22.9. The summed E-state index contributed by atoms with van der Waals surface area (Å²) in [6.07, 6.45) is -6.25. The summed E-state index contributed by atoms with van der Waals surface area (Å²) in [6, 6.07) is 7.09. The number of carbonyl (C=O) groups excluding carboxylic acids is 5. The molecule has 1 aromatic carbocycles. The maximum Gasteiger partial charge on any atom is 0.413 e. The molecule has 1 amide bonds. The Morgan fingerprint density at radius 3 is 1.92 bits per heavy atom. The van der Waals surface area contributed by atoms with Gasteiger partial charge in [0, 0.05) is 33.3 Å². The van der Waals surface area contributed by atoms with Crippen LogP contribution in [0.15, 0.2) is 35.3 Å². The van der Waals surface area contributed by atoms with Crippen molar-refractivity contribution in [1.82, 2.24) is 5.32 Å². The molecule has 0 saturated carbocycles. The van der Waals surface area contributed by atoms with Gasteiger partial charge in [-0.1, -0.05) is 30.3 Å². The van der Waals surface area contributed by atoms with E-state index in [0.717, 1.165) is 20.8 Å². The molecule has 1 aliphatic rings. The summed E-state index contributed by atoms with van der Waals surface area (Å²) in [5.41, 5.74) is -0.400. The van der Waals surface area contributed by atoms with Crippen LogP contribution in [0.25, 0.3) is 0 Å². The summed E-state index contributed by atoms with van der Waals surface area (Å²) in [5.74, 6) is -2.97. The Kier molecular flexibility index (Phi) is 11.0. The van der Waals surface area contributed by atoms with Gasteiger partial charge < -0.3 is 28.4 Å². The van der Waals surface area contributed by atoms with Gasteiger partial charge in [-0.05, 0) is 20.8 Å². The van der Waals surface area contributed by atoms with Crippen molar-refractivity contribution >= 4 is 35.8 Å². The van der Waals surface area contributed by atoms with Crippen LogP contribution in [-0.4, -0.2) is 78.7 Å². The summed E-state index contributed by atoms with van der Waals surface area (Å²) >= 11 is 0. The molecule has 0 unspecified atom stereocenters. The molecule has 0 aliphatic carbocycles. The van der Waals surface area contributed by atoms with Gasteiger partial charge in [-0.3, -0.25) is 29.5 Å². The van der Waals surface area contributed by atoms with Gasteiger partial charge in [0.05, 0.1) is 0 Å². The van der Waals surface area contributed by atoms with Crippen molar-refractivity contribution in [2.45, 2.75) is 84.7 Å². The summed E-state index contributed by atoms with van der Waals surface area (Å²) < 4.78 is 32.5. The molecule has 214 valence electrons. The average Bonchev–Trinajstić information content (AvgIpc) is 2.79. The summed E-state index contributed by atoms with van der Waals surface area (Å²) in [7, 11) is 0. The van der Waals surface area contributed by atoms with Crippen molar-refractivity contribution in [2.24, 2.45) is 4.99 Å². The topological polar surface area (TPSA) is 165 Å². The molecule has 1 fully saturated rings. The minimum absolute atomic E-state index is 0.0345. The second kappa shape index (κ2) is 13.7. The van der Waals surface area contributed by atoms with E-state index < -0.39 is 72.8 Å². The van der Waals surface area contributed by atoms with E-state index in [1.807, 2.05) is 0 Å². The van der Waals surface area contributed by atoms with Crippen molar-refractivity contribution < 1.29 is 52.4 Å². The number of alkyl carbamates (subject to hydrolysis) is 1. The third-order valence-electron chi connectivity index (χ3n) is 4.90. The maximum absolute atomic E-state index is 12.7. The molecule has 1 saturated heterocycles. The van der Waals surface area contributed by atoms with Crippen LogP contribution in [-0.2, 0) is 47.6 Å². The first kappa shape index (κ1) is 31.2. The van der Waals surface area contributed by atoms with E-state index in [1.165, 1.54) is 6.92 Å². The van der Waals surface area contributed by atoms with E-state index >= 15 is 0 Å². The molecule has 1 N–H and O–H groups in total. The molecule has 2 rings (SSSR count). The number of amidine groups is 1. The van der Waals surface area contributed by atoms with E-state index in [9.17, 15) is 24.0 Å². The molecule has 0 radical (unpaired) electrons. The molecule has 1 aliphatic heterocycles. The number of amides is 1. The first-order chi connectivity index (χ1) is 18.2. The van der Waals surface area contributed by atoms with Crippen molar-refractivity contribution in [3.05, 3.63) is 35.9 Å². The van der Waals surface area contributed by atoms with Crippen molar-refractivity contribution in [3.8, 4) is 0 Å². The van der Waals surface area contributed by atoms with E-state index in [2.05, 4.69) is 10.3 Å². The molecule has 1 heterocycles. The lowest BCUT2D eigenvalue weighted by molar-refractivity contribution is -0.266. The van der Waals surface area contributed by atoms with Crippen LogP contribution in [0, 0.1) is 0 Å². The molecule has 0 aromatic heterocycles. The molecule has 0 spiro atoms. The summed E-state index contributed by atoms with van der Waals surface area (Å²) in [5, 5.41) is 2.57. The predicted molar refractivity (Wildman–Crippen MR) is 134 cm³/mol. The third kappa shape index (κ3) is 10.3. The predicted octanol–water partition coefficient (Wildman–Crippen LogP) is 2.04. The molecule has 13 heteroatoms. The minimum Gasteiger partial charge on any atom is -0.463 e. The zero-order valence-electron chi connectivity index (χ0n) is 22.9.